The molecule has 0 fully saturated rings. The Bertz CT molecular complexity index is 561. The summed E-state index contributed by atoms with van der Waals surface area (Å²) >= 11 is 0. The van der Waals surface area contributed by atoms with E-state index in [1.54, 1.807) is 4.74 Å². The van der Waals surface area contributed by atoms with Gasteiger partial charge in [0.2, 0.25) is 0 Å². The molecule has 27 heavy (non-hydrogen) atoms. The molecule has 0 radical (unpaired) electrons. The third-order valence-electron chi connectivity index (χ3n) is 2.20. The molecule has 0 rings (SSSR count). The standard InChI is InChI=1S/C8F16O3/c9-1(25)2(10,11)26-8(24,6(19,20)21)27-7(22,23)4(14,15)3(12,13)5(16,17)18/t8-/m1/s1. The van der Waals surface area contributed by atoms with Gasteiger partial charge in [0, 0.05) is 0 Å². The maximum atomic E-state index is 13.2. The van der Waals surface area contributed by atoms with Crippen molar-refractivity contribution in [3.63, 3.8) is 0 Å². The van der Waals surface area contributed by atoms with Gasteiger partial charge in [-0.3, -0.25) is 4.79 Å². The van der Waals surface area contributed by atoms with Gasteiger partial charge in [-0.25, -0.2) is 9.47 Å². The van der Waals surface area contributed by atoms with Crippen molar-refractivity contribution in [1.82, 2.24) is 0 Å². The Morgan fingerprint density at radius 3 is 1.19 bits per heavy atom. The fourth-order valence-electron chi connectivity index (χ4n) is 0.931. The molecule has 0 aromatic carbocycles. The van der Waals surface area contributed by atoms with Gasteiger partial charge in [-0.05, 0) is 0 Å². The van der Waals surface area contributed by atoms with Crippen molar-refractivity contribution in [1.29, 1.82) is 0 Å². The lowest BCUT2D eigenvalue weighted by atomic mass is 10.1. The monoisotopic (exact) mass is 448 g/mol. The Kier molecular flexibility index (Phi) is 6.15. The molecular formula is C8F16O3. The van der Waals surface area contributed by atoms with Gasteiger partial charge in [0.1, 0.15) is 0 Å². The lowest BCUT2D eigenvalue weighted by molar-refractivity contribution is -0.555. The minimum Gasteiger partial charge on any atom is -0.251 e. The molecule has 0 amide bonds. The van der Waals surface area contributed by atoms with E-state index in [2.05, 4.69) is 0 Å². The van der Waals surface area contributed by atoms with E-state index >= 15 is 0 Å². The van der Waals surface area contributed by atoms with Crippen LogP contribution < -0.4 is 0 Å². The summed E-state index contributed by atoms with van der Waals surface area (Å²) < 4.78 is 200. The number of halogens is 16. The van der Waals surface area contributed by atoms with Crippen LogP contribution in [0.4, 0.5) is 70.2 Å². The van der Waals surface area contributed by atoms with Gasteiger partial charge in [-0.2, -0.15) is 70.2 Å². The smallest absolute Gasteiger partial charge is 0.251 e. The number of carbonyl (C=O) groups excluding carboxylic acids is 1. The minimum atomic E-state index is -8.04. The largest absolute Gasteiger partial charge is 0.478 e. The highest BCUT2D eigenvalue weighted by atomic mass is 19.4. The number of carbonyl (C=O) groups is 1. The Morgan fingerprint density at radius 1 is 0.556 bits per heavy atom. The van der Waals surface area contributed by atoms with Gasteiger partial charge < -0.3 is 0 Å². The topological polar surface area (TPSA) is 35.5 Å². The highest BCUT2D eigenvalue weighted by Gasteiger charge is 2.85. The molecule has 0 heterocycles. The molecule has 19 heteroatoms. The second-order valence-electron chi connectivity index (χ2n) is 4.19. The quantitative estimate of drug-likeness (QED) is 0.322. The van der Waals surface area contributed by atoms with E-state index in [9.17, 15) is 75.0 Å². The number of rotatable bonds is 7. The van der Waals surface area contributed by atoms with Crippen LogP contribution in [0.3, 0.4) is 0 Å². The molecule has 0 saturated heterocycles. The van der Waals surface area contributed by atoms with Crippen molar-refractivity contribution in [2.45, 2.75) is 42.5 Å². The molecule has 0 spiro atoms. The van der Waals surface area contributed by atoms with E-state index < -0.39 is 48.5 Å². The zero-order valence-corrected chi connectivity index (χ0v) is 11.3. The lowest BCUT2D eigenvalue weighted by Gasteiger charge is -2.37. The predicted octanol–water partition coefficient (Wildman–Crippen LogP) is 4.72. The SMILES string of the molecule is O=C(F)C(F)(F)O[C@@](F)(OC(F)(F)C(F)(F)C(F)(F)C(F)(F)F)C(F)(F)F. The molecule has 0 saturated carbocycles. The summed E-state index contributed by atoms with van der Waals surface area (Å²) in [6, 6.07) is -11.7. The van der Waals surface area contributed by atoms with Gasteiger partial charge in [0.05, 0.1) is 0 Å². The first-order chi connectivity index (χ1) is 11.4. The summed E-state index contributed by atoms with van der Waals surface area (Å²) in [6.45, 7) is 0. The van der Waals surface area contributed by atoms with E-state index in [1.165, 1.54) is 4.74 Å². The average Bonchev–Trinajstić information content (AvgIpc) is 2.33. The number of alkyl halides is 15. The maximum absolute atomic E-state index is 13.2. The van der Waals surface area contributed by atoms with Crippen molar-refractivity contribution in [2.24, 2.45) is 0 Å². The highest BCUT2D eigenvalue weighted by Crippen LogP contribution is 2.56. The third-order valence-corrected chi connectivity index (χ3v) is 2.20. The van der Waals surface area contributed by atoms with Crippen molar-refractivity contribution >= 4 is 6.04 Å². The second kappa shape index (κ2) is 6.52. The van der Waals surface area contributed by atoms with Crippen LogP contribution in [0.5, 0.6) is 0 Å². The molecule has 0 aliphatic carbocycles. The first-order valence-electron chi connectivity index (χ1n) is 5.29. The van der Waals surface area contributed by atoms with E-state index in [0.717, 1.165) is 0 Å². The van der Waals surface area contributed by atoms with Gasteiger partial charge in [-0.1, -0.05) is 0 Å². The molecule has 0 bridgehead atoms. The fourth-order valence-corrected chi connectivity index (χ4v) is 0.931. The molecule has 162 valence electrons. The summed E-state index contributed by atoms with van der Waals surface area (Å²) in [5.74, 6) is -15.9. The summed E-state index contributed by atoms with van der Waals surface area (Å²) in [6.07, 6.45) is -29.6. The average molecular weight is 448 g/mol. The molecular weight excluding hydrogens is 448 g/mol. The van der Waals surface area contributed by atoms with E-state index in [1.807, 2.05) is 0 Å². The molecule has 0 aliphatic heterocycles. The van der Waals surface area contributed by atoms with Crippen LogP contribution in [0.2, 0.25) is 0 Å². The molecule has 0 aromatic heterocycles. The van der Waals surface area contributed by atoms with Gasteiger partial charge in [0.15, 0.2) is 0 Å². The first-order valence-corrected chi connectivity index (χ1v) is 5.29. The molecule has 0 aromatic rings. The molecule has 0 N–H and O–H groups in total. The van der Waals surface area contributed by atoms with Crippen molar-refractivity contribution in [2.75, 3.05) is 0 Å². The Morgan fingerprint density at radius 2 is 0.926 bits per heavy atom. The van der Waals surface area contributed by atoms with Crippen LogP contribution >= 0.6 is 0 Å². The molecule has 0 unspecified atom stereocenters. The lowest BCUT2D eigenvalue weighted by Crippen LogP contribution is -2.65. The van der Waals surface area contributed by atoms with Crippen LogP contribution in [-0.4, -0.2) is 48.5 Å². The van der Waals surface area contributed by atoms with E-state index in [-0.39, 0.29) is 0 Å². The fraction of sp³-hybridized carbons (Fsp3) is 0.875. The van der Waals surface area contributed by atoms with Crippen molar-refractivity contribution in [3.05, 3.63) is 0 Å². The zero-order chi connectivity index (χ0) is 22.5. The molecule has 1 atom stereocenters. The molecule has 3 nitrogen and oxygen atoms in total. The second-order valence-corrected chi connectivity index (χ2v) is 4.19. The van der Waals surface area contributed by atoms with E-state index in [4.69, 9.17) is 0 Å². The summed E-state index contributed by atoms with van der Waals surface area (Å²) in [7, 11) is 0. The van der Waals surface area contributed by atoms with Gasteiger partial charge >= 0.3 is 48.5 Å². The normalized spacial score (nSPS) is 17.6. The molecule has 0 aliphatic rings. The van der Waals surface area contributed by atoms with Crippen LogP contribution in [0.25, 0.3) is 0 Å². The third kappa shape index (κ3) is 4.49. The number of hydrogen-bond acceptors (Lipinski definition) is 3. The van der Waals surface area contributed by atoms with Crippen LogP contribution in [0, 0.1) is 0 Å². The summed E-state index contributed by atoms with van der Waals surface area (Å²) in [4.78, 5) is 9.59. The highest BCUT2D eigenvalue weighted by molar-refractivity contribution is 5.74. The van der Waals surface area contributed by atoms with Gasteiger partial charge in [0.25, 0.3) is 0 Å². The van der Waals surface area contributed by atoms with E-state index in [0.29, 0.717) is 0 Å². The zero-order valence-electron chi connectivity index (χ0n) is 11.3. The van der Waals surface area contributed by atoms with Crippen molar-refractivity contribution in [3.8, 4) is 0 Å². The number of hydrogen-bond donors (Lipinski definition) is 0. The van der Waals surface area contributed by atoms with Crippen LogP contribution in [0.1, 0.15) is 0 Å². The first kappa shape index (κ1) is 25.5. The Balaban J connectivity index is 6.23. The van der Waals surface area contributed by atoms with Crippen LogP contribution in [-0.2, 0) is 14.3 Å². The summed E-state index contributed by atoms with van der Waals surface area (Å²) in [5, 5.41) is 0. The Labute approximate surface area is 134 Å². The van der Waals surface area contributed by atoms with Gasteiger partial charge in [-0.15, -0.1) is 0 Å². The maximum Gasteiger partial charge on any atom is 0.478 e. The number of ether oxygens (including phenoxy) is 2. The van der Waals surface area contributed by atoms with Crippen LogP contribution in [0.15, 0.2) is 0 Å². The minimum absolute atomic E-state index is 1.35. The van der Waals surface area contributed by atoms with Crippen molar-refractivity contribution < 1.29 is 84.5 Å². The predicted molar refractivity (Wildman–Crippen MR) is 44.0 cm³/mol. The Hall–Kier alpha value is -1.53. The summed E-state index contributed by atoms with van der Waals surface area (Å²) in [5.41, 5.74) is 0.